The molecule has 3 nitrogen and oxygen atoms in total. The molecule has 0 aromatic heterocycles. The molecule has 0 heterocycles. The Bertz CT molecular complexity index is 850. The number of halogens is 3. The molecule has 2 aromatic rings. The first-order valence-electron chi connectivity index (χ1n) is 6.61. The van der Waals surface area contributed by atoms with Gasteiger partial charge >= 0.3 is 0 Å². The molecule has 0 bridgehead atoms. The molecule has 0 atom stereocenters. The van der Waals surface area contributed by atoms with Crippen LogP contribution in [-0.4, -0.2) is 12.8 Å². The van der Waals surface area contributed by atoms with E-state index < -0.39 is 5.78 Å². The number of allylic oxidation sites excluding steroid dienone is 1. The highest BCUT2D eigenvalue weighted by Gasteiger charge is 2.10. The number of ketones is 1. The van der Waals surface area contributed by atoms with E-state index in [0.717, 1.165) is 0 Å². The lowest BCUT2D eigenvalue weighted by Gasteiger charge is -1.98. The van der Waals surface area contributed by atoms with E-state index in [4.69, 9.17) is 23.2 Å². The lowest BCUT2D eigenvalue weighted by atomic mass is 10.1. The number of benzene rings is 1. The predicted octanol–water partition coefficient (Wildman–Crippen LogP) is 5.05. The number of carbonyl (C=O) groups is 1. The Balaban J connectivity index is 2.39. The standard InChI is InChI=1S/C17H12BrCl2NO2/c1-21-15-6-4-11(18)9-12(17(15)23)16(22)7-3-10-2-5-13(19)14(20)8-10/h2-9H,1H3,(H,21,23)/b7-3+. The molecule has 2 aromatic carbocycles. The summed E-state index contributed by atoms with van der Waals surface area (Å²) >= 11 is 15.1. The van der Waals surface area contributed by atoms with Crippen LogP contribution in [0.1, 0.15) is 15.9 Å². The summed E-state index contributed by atoms with van der Waals surface area (Å²) in [7, 11) is 1.63. The van der Waals surface area contributed by atoms with Gasteiger partial charge in [-0.15, -0.1) is 0 Å². The Hall–Kier alpha value is -1.62. The van der Waals surface area contributed by atoms with Gasteiger partial charge in [-0.05, 0) is 42.0 Å². The van der Waals surface area contributed by atoms with E-state index in [-0.39, 0.29) is 11.0 Å². The van der Waals surface area contributed by atoms with Gasteiger partial charge in [0.2, 0.25) is 5.43 Å². The maximum absolute atomic E-state index is 12.4. The van der Waals surface area contributed by atoms with E-state index in [1.807, 2.05) is 0 Å². The first kappa shape index (κ1) is 17.7. The number of hydrogen-bond acceptors (Lipinski definition) is 3. The lowest BCUT2D eigenvalue weighted by Crippen LogP contribution is -2.14. The summed E-state index contributed by atoms with van der Waals surface area (Å²) in [6.07, 6.45) is 2.92. The van der Waals surface area contributed by atoms with E-state index in [2.05, 4.69) is 21.2 Å². The van der Waals surface area contributed by atoms with Crippen LogP contribution >= 0.6 is 39.1 Å². The van der Waals surface area contributed by atoms with Crippen molar-refractivity contribution in [1.82, 2.24) is 0 Å². The van der Waals surface area contributed by atoms with Gasteiger partial charge in [-0.1, -0.05) is 51.3 Å². The number of carbonyl (C=O) groups excluding carboxylic acids is 1. The van der Waals surface area contributed by atoms with Crippen LogP contribution in [0.5, 0.6) is 0 Å². The van der Waals surface area contributed by atoms with Crippen LogP contribution in [0.2, 0.25) is 10.0 Å². The van der Waals surface area contributed by atoms with Crippen molar-refractivity contribution in [3.8, 4) is 0 Å². The zero-order valence-electron chi connectivity index (χ0n) is 12.1. The molecule has 0 radical (unpaired) electrons. The minimum atomic E-state index is -0.394. The average molecular weight is 413 g/mol. The number of hydrogen-bond donors (Lipinski definition) is 1. The van der Waals surface area contributed by atoms with Crippen molar-refractivity contribution in [1.29, 1.82) is 0 Å². The second-order valence-corrected chi connectivity index (χ2v) is 6.37. The summed E-state index contributed by atoms with van der Waals surface area (Å²) in [6, 6.07) is 9.84. The van der Waals surface area contributed by atoms with Gasteiger partial charge in [0.15, 0.2) is 5.78 Å². The number of anilines is 1. The third kappa shape index (κ3) is 4.44. The quantitative estimate of drug-likeness (QED) is 0.564. The smallest absolute Gasteiger partial charge is 0.212 e. The fraction of sp³-hybridized carbons (Fsp3) is 0.0588. The highest BCUT2D eigenvalue weighted by Crippen LogP contribution is 2.23. The fourth-order valence-corrected chi connectivity index (χ4v) is 2.56. The minimum Gasteiger partial charge on any atom is -0.385 e. The van der Waals surface area contributed by atoms with Gasteiger partial charge in [-0.3, -0.25) is 9.59 Å². The topological polar surface area (TPSA) is 46.2 Å². The molecule has 0 fully saturated rings. The minimum absolute atomic E-state index is 0.0718. The normalized spacial score (nSPS) is 10.8. The SMILES string of the molecule is CNc1ccc(Br)cc(C(=O)/C=C/c2ccc(Cl)c(Cl)c2)c1=O. The summed E-state index contributed by atoms with van der Waals surface area (Å²) in [6.45, 7) is 0. The molecule has 0 aliphatic heterocycles. The second-order valence-electron chi connectivity index (χ2n) is 4.64. The van der Waals surface area contributed by atoms with Crippen LogP contribution in [0.4, 0.5) is 5.69 Å². The molecule has 0 aliphatic carbocycles. The third-order valence-corrected chi connectivity index (χ3v) is 4.32. The molecule has 0 spiro atoms. The summed E-state index contributed by atoms with van der Waals surface area (Å²) in [5.74, 6) is -0.394. The summed E-state index contributed by atoms with van der Waals surface area (Å²) in [5, 5.41) is 3.62. The zero-order chi connectivity index (χ0) is 17.0. The van der Waals surface area contributed by atoms with Crippen LogP contribution in [-0.2, 0) is 0 Å². The fourth-order valence-electron chi connectivity index (χ4n) is 1.89. The highest BCUT2D eigenvalue weighted by atomic mass is 79.9. The van der Waals surface area contributed by atoms with Crippen molar-refractivity contribution >= 4 is 56.7 Å². The zero-order valence-corrected chi connectivity index (χ0v) is 15.2. The van der Waals surface area contributed by atoms with Gasteiger partial charge < -0.3 is 5.32 Å². The molecule has 1 N–H and O–H groups in total. The molecule has 0 aliphatic rings. The molecule has 0 unspecified atom stereocenters. The summed E-state index contributed by atoms with van der Waals surface area (Å²) in [5.41, 5.74) is 0.778. The Morgan fingerprint density at radius 1 is 1.13 bits per heavy atom. The van der Waals surface area contributed by atoms with Gasteiger partial charge in [0, 0.05) is 11.5 Å². The Labute approximate surface area is 152 Å². The van der Waals surface area contributed by atoms with Gasteiger partial charge in [-0.2, -0.15) is 0 Å². The van der Waals surface area contributed by atoms with Crippen molar-refractivity contribution < 1.29 is 4.79 Å². The molecule has 0 saturated carbocycles. The van der Waals surface area contributed by atoms with E-state index >= 15 is 0 Å². The average Bonchev–Trinajstić information content (AvgIpc) is 2.67. The molecule has 0 amide bonds. The van der Waals surface area contributed by atoms with Crippen LogP contribution in [0.3, 0.4) is 0 Å². The first-order valence-corrected chi connectivity index (χ1v) is 8.16. The Morgan fingerprint density at radius 2 is 1.87 bits per heavy atom. The third-order valence-electron chi connectivity index (χ3n) is 3.09. The monoisotopic (exact) mass is 411 g/mol. The first-order chi connectivity index (χ1) is 10.9. The molecule has 0 saturated heterocycles. The van der Waals surface area contributed by atoms with Crippen molar-refractivity contribution in [2.24, 2.45) is 0 Å². The Kier molecular flexibility index (Phi) is 5.99. The van der Waals surface area contributed by atoms with Gasteiger partial charge in [-0.25, -0.2) is 0 Å². The summed E-state index contributed by atoms with van der Waals surface area (Å²) in [4.78, 5) is 24.7. The van der Waals surface area contributed by atoms with Gasteiger partial charge in [0.1, 0.15) is 0 Å². The van der Waals surface area contributed by atoms with E-state index in [1.165, 1.54) is 12.1 Å². The maximum atomic E-state index is 12.4. The largest absolute Gasteiger partial charge is 0.385 e. The van der Waals surface area contributed by atoms with Crippen molar-refractivity contribution in [2.45, 2.75) is 0 Å². The molecular formula is C17H12BrCl2NO2. The van der Waals surface area contributed by atoms with Crippen LogP contribution in [0, 0.1) is 0 Å². The van der Waals surface area contributed by atoms with E-state index in [0.29, 0.717) is 25.8 Å². The molecule has 2 rings (SSSR count). The second kappa shape index (κ2) is 7.77. The number of nitrogens with one attached hydrogen (secondary N) is 1. The summed E-state index contributed by atoms with van der Waals surface area (Å²) < 4.78 is 0.641. The lowest BCUT2D eigenvalue weighted by molar-refractivity contribution is 0.104. The van der Waals surface area contributed by atoms with Crippen LogP contribution in [0.15, 0.2) is 51.7 Å². The highest BCUT2D eigenvalue weighted by molar-refractivity contribution is 9.10. The molecule has 23 heavy (non-hydrogen) atoms. The van der Waals surface area contributed by atoms with E-state index in [9.17, 15) is 9.59 Å². The maximum Gasteiger partial charge on any atom is 0.212 e. The van der Waals surface area contributed by atoms with Crippen molar-refractivity contribution in [2.75, 3.05) is 12.4 Å². The van der Waals surface area contributed by atoms with Crippen molar-refractivity contribution in [3.05, 3.63) is 78.3 Å². The number of rotatable bonds is 4. The van der Waals surface area contributed by atoms with Crippen LogP contribution < -0.4 is 10.7 Å². The Morgan fingerprint density at radius 3 is 2.52 bits per heavy atom. The van der Waals surface area contributed by atoms with Crippen molar-refractivity contribution in [3.63, 3.8) is 0 Å². The molecular weight excluding hydrogens is 401 g/mol. The molecule has 118 valence electrons. The van der Waals surface area contributed by atoms with Crippen LogP contribution in [0.25, 0.3) is 6.08 Å². The van der Waals surface area contributed by atoms with Gasteiger partial charge in [0.05, 0.1) is 21.3 Å². The van der Waals surface area contributed by atoms with E-state index in [1.54, 1.807) is 43.5 Å². The van der Waals surface area contributed by atoms with Gasteiger partial charge in [0.25, 0.3) is 0 Å². The molecule has 6 heteroatoms. The predicted molar refractivity (Wildman–Crippen MR) is 99.8 cm³/mol.